The number of rotatable bonds is 7. The molecule has 0 saturated carbocycles. The van der Waals surface area contributed by atoms with Crippen LogP contribution in [0.1, 0.15) is 38.1 Å². The Labute approximate surface area is 125 Å². The van der Waals surface area contributed by atoms with Gasteiger partial charge in [0.1, 0.15) is 11.8 Å². The topological polar surface area (TPSA) is 75.6 Å². The predicted molar refractivity (Wildman–Crippen MR) is 80.5 cm³/mol. The van der Waals surface area contributed by atoms with Gasteiger partial charge in [-0.25, -0.2) is 4.79 Å². The van der Waals surface area contributed by atoms with Gasteiger partial charge in [-0.1, -0.05) is 27.7 Å². The van der Waals surface area contributed by atoms with Crippen LogP contribution in [0.4, 0.5) is 0 Å². The first-order valence-corrected chi connectivity index (χ1v) is 7.07. The number of carbonyl (C=O) groups excluding carboxylic acids is 1. The molecule has 0 aliphatic carbocycles. The fourth-order valence-corrected chi connectivity index (χ4v) is 1.70. The summed E-state index contributed by atoms with van der Waals surface area (Å²) in [5.74, 6) is -0.490. The lowest BCUT2D eigenvalue weighted by Gasteiger charge is -2.18. The van der Waals surface area contributed by atoms with E-state index in [4.69, 9.17) is 9.84 Å². The van der Waals surface area contributed by atoms with Crippen LogP contribution in [0, 0.1) is 11.8 Å². The average molecular weight is 293 g/mol. The molecule has 1 amide bonds. The van der Waals surface area contributed by atoms with Crippen LogP contribution in [0.25, 0.3) is 0 Å². The van der Waals surface area contributed by atoms with Gasteiger partial charge in [0.2, 0.25) is 0 Å². The van der Waals surface area contributed by atoms with Crippen LogP contribution in [0.3, 0.4) is 0 Å². The molecule has 5 heteroatoms. The van der Waals surface area contributed by atoms with Crippen molar-refractivity contribution in [3.63, 3.8) is 0 Å². The molecule has 1 aromatic rings. The molecule has 1 rings (SSSR count). The van der Waals surface area contributed by atoms with Crippen LogP contribution in [0.5, 0.6) is 5.75 Å². The van der Waals surface area contributed by atoms with Gasteiger partial charge in [-0.3, -0.25) is 4.79 Å². The molecule has 0 aromatic heterocycles. The van der Waals surface area contributed by atoms with Crippen LogP contribution < -0.4 is 10.1 Å². The second-order valence-corrected chi connectivity index (χ2v) is 5.76. The molecule has 2 N–H and O–H groups in total. The monoisotopic (exact) mass is 293 g/mol. The number of hydrogen-bond donors (Lipinski definition) is 2. The standard InChI is InChI=1S/C16H23NO4/c1-10(2)9-21-13-7-5-12(6-8-13)15(18)17-14(11(3)4)16(19)20/h5-8,10-11,14H,9H2,1-4H3,(H,17,18)(H,19,20)/t14-/m0/s1. The van der Waals surface area contributed by atoms with E-state index in [0.29, 0.717) is 23.8 Å². The maximum atomic E-state index is 12.0. The Kier molecular flexibility index (Phi) is 6.21. The minimum atomic E-state index is -1.03. The molecule has 0 bridgehead atoms. The van der Waals surface area contributed by atoms with Crippen molar-refractivity contribution in [2.45, 2.75) is 33.7 Å². The second-order valence-electron chi connectivity index (χ2n) is 5.76. The Bertz CT molecular complexity index is 480. The zero-order valence-electron chi connectivity index (χ0n) is 12.9. The molecule has 0 aliphatic rings. The van der Waals surface area contributed by atoms with Crippen molar-refractivity contribution in [2.24, 2.45) is 11.8 Å². The van der Waals surface area contributed by atoms with Crippen molar-refractivity contribution in [3.8, 4) is 5.75 Å². The Morgan fingerprint density at radius 1 is 1.14 bits per heavy atom. The molecule has 0 spiro atoms. The number of carboxylic acid groups (broad SMARTS) is 1. The van der Waals surface area contributed by atoms with Gasteiger partial charge < -0.3 is 15.2 Å². The van der Waals surface area contributed by atoms with Crippen LogP contribution in [-0.2, 0) is 4.79 Å². The molecule has 0 unspecified atom stereocenters. The molecule has 5 nitrogen and oxygen atoms in total. The van der Waals surface area contributed by atoms with Gasteiger partial charge in [0, 0.05) is 5.56 Å². The Morgan fingerprint density at radius 3 is 2.14 bits per heavy atom. The lowest BCUT2D eigenvalue weighted by molar-refractivity contribution is -0.140. The zero-order valence-corrected chi connectivity index (χ0v) is 12.9. The lowest BCUT2D eigenvalue weighted by atomic mass is 10.0. The highest BCUT2D eigenvalue weighted by Crippen LogP contribution is 2.14. The normalized spacial score (nSPS) is 12.3. The predicted octanol–water partition coefficient (Wildman–Crippen LogP) is 2.56. The first kappa shape index (κ1) is 17.0. The number of hydrogen-bond acceptors (Lipinski definition) is 3. The summed E-state index contributed by atoms with van der Waals surface area (Å²) in [5.41, 5.74) is 0.416. The molecular formula is C16H23NO4. The number of benzene rings is 1. The minimum Gasteiger partial charge on any atom is -0.493 e. The average Bonchev–Trinajstić information content (AvgIpc) is 2.42. The Hall–Kier alpha value is -2.04. The fourth-order valence-electron chi connectivity index (χ4n) is 1.70. The number of carbonyl (C=O) groups is 2. The summed E-state index contributed by atoms with van der Waals surface area (Å²) >= 11 is 0. The highest BCUT2D eigenvalue weighted by Gasteiger charge is 2.23. The van der Waals surface area contributed by atoms with Gasteiger partial charge in [0.15, 0.2) is 0 Å². The van der Waals surface area contributed by atoms with Crippen molar-refractivity contribution < 1.29 is 19.4 Å². The van der Waals surface area contributed by atoms with Gasteiger partial charge in [-0.2, -0.15) is 0 Å². The highest BCUT2D eigenvalue weighted by molar-refractivity contribution is 5.96. The molecule has 0 heterocycles. The van der Waals surface area contributed by atoms with Gasteiger partial charge in [0.05, 0.1) is 6.61 Å². The van der Waals surface area contributed by atoms with Gasteiger partial charge in [-0.15, -0.1) is 0 Å². The number of amides is 1. The highest BCUT2D eigenvalue weighted by atomic mass is 16.5. The number of carboxylic acids is 1. The van der Waals surface area contributed by atoms with Crippen molar-refractivity contribution >= 4 is 11.9 Å². The Morgan fingerprint density at radius 2 is 1.71 bits per heavy atom. The minimum absolute atomic E-state index is 0.180. The quantitative estimate of drug-likeness (QED) is 0.810. The summed E-state index contributed by atoms with van der Waals surface area (Å²) in [7, 11) is 0. The smallest absolute Gasteiger partial charge is 0.326 e. The van der Waals surface area contributed by atoms with Crippen LogP contribution in [0.15, 0.2) is 24.3 Å². The van der Waals surface area contributed by atoms with E-state index in [1.54, 1.807) is 38.1 Å². The van der Waals surface area contributed by atoms with E-state index in [1.807, 2.05) is 0 Å². The SMILES string of the molecule is CC(C)COc1ccc(C(=O)N[C@H](C(=O)O)C(C)C)cc1. The molecule has 1 aromatic carbocycles. The summed E-state index contributed by atoms with van der Waals surface area (Å²) < 4.78 is 5.53. The first-order chi connectivity index (χ1) is 9.81. The van der Waals surface area contributed by atoms with Gasteiger partial charge in [-0.05, 0) is 36.1 Å². The van der Waals surface area contributed by atoms with E-state index >= 15 is 0 Å². The molecule has 116 valence electrons. The fraction of sp³-hybridized carbons (Fsp3) is 0.500. The van der Waals surface area contributed by atoms with E-state index in [9.17, 15) is 9.59 Å². The summed E-state index contributed by atoms with van der Waals surface area (Å²) in [6.07, 6.45) is 0. The third-order valence-electron chi connectivity index (χ3n) is 2.92. The summed E-state index contributed by atoms with van der Waals surface area (Å²) in [6, 6.07) is 5.79. The maximum absolute atomic E-state index is 12.0. The lowest BCUT2D eigenvalue weighted by Crippen LogP contribution is -2.44. The third-order valence-corrected chi connectivity index (χ3v) is 2.92. The molecule has 21 heavy (non-hydrogen) atoms. The second kappa shape index (κ2) is 7.67. The van der Waals surface area contributed by atoms with Crippen LogP contribution in [-0.4, -0.2) is 29.6 Å². The third kappa shape index (κ3) is 5.45. The van der Waals surface area contributed by atoms with Crippen molar-refractivity contribution in [1.29, 1.82) is 0 Å². The molecular weight excluding hydrogens is 270 g/mol. The van der Waals surface area contributed by atoms with E-state index in [1.165, 1.54) is 0 Å². The van der Waals surface area contributed by atoms with Gasteiger partial charge in [0.25, 0.3) is 5.91 Å². The van der Waals surface area contributed by atoms with E-state index in [0.717, 1.165) is 0 Å². The largest absolute Gasteiger partial charge is 0.493 e. The number of ether oxygens (including phenoxy) is 1. The molecule has 0 radical (unpaired) electrons. The zero-order chi connectivity index (χ0) is 16.0. The van der Waals surface area contributed by atoms with Gasteiger partial charge >= 0.3 is 5.97 Å². The number of aliphatic carboxylic acids is 1. The van der Waals surface area contributed by atoms with E-state index < -0.39 is 17.9 Å². The maximum Gasteiger partial charge on any atom is 0.326 e. The van der Waals surface area contributed by atoms with E-state index in [2.05, 4.69) is 19.2 Å². The van der Waals surface area contributed by atoms with Crippen molar-refractivity contribution in [3.05, 3.63) is 29.8 Å². The molecule has 0 aliphatic heterocycles. The van der Waals surface area contributed by atoms with Crippen LogP contribution in [0.2, 0.25) is 0 Å². The number of nitrogens with one attached hydrogen (secondary N) is 1. The van der Waals surface area contributed by atoms with Crippen molar-refractivity contribution in [2.75, 3.05) is 6.61 Å². The molecule has 1 atom stereocenters. The van der Waals surface area contributed by atoms with Crippen molar-refractivity contribution in [1.82, 2.24) is 5.32 Å². The summed E-state index contributed by atoms with van der Waals surface area (Å²) in [4.78, 5) is 23.1. The van der Waals surface area contributed by atoms with Crippen LogP contribution >= 0.6 is 0 Å². The summed E-state index contributed by atoms with van der Waals surface area (Å²) in [6.45, 7) is 8.23. The molecule has 0 saturated heterocycles. The molecule has 0 fully saturated rings. The first-order valence-electron chi connectivity index (χ1n) is 7.07. The summed E-state index contributed by atoms with van der Waals surface area (Å²) in [5, 5.41) is 11.6. The van der Waals surface area contributed by atoms with E-state index in [-0.39, 0.29) is 5.92 Å². The Balaban J connectivity index is 2.68.